The lowest BCUT2D eigenvalue weighted by Crippen LogP contribution is -2.35. The molecule has 5 nitrogen and oxygen atoms in total. The Labute approximate surface area is 135 Å². The second-order valence-electron chi connectivity index (χ2n) is 4.97. The van der Waals surface area contributed by atoms with Crippen LogP contribution in [0.4, 0.5) is 0 Å². The molecule has 1 N–H and O–H groups in total. The maximum absolute atomic E-state index is 11.8. The van der Waals surface area contributed by atoms with E-state index in [4.69, 9.17) is 16.3 Å². The zero-order valence-electron chi connectivity index (χ0n) is 13.1. The van der Waals surface area contributed by atoms with Gasteiger partial charge >= 0.3 is 5.97 Å². The second kappa shape index (κ2) is 9.30. The predicted molar refractivity (Wildman–Crippen MR) is 85.2 cm³/mol. The Morgan fingerprint density at radius 1 is 1.36 bits per heavy atom. The number of ether oxygens (including phenoxy) is 2. The first-order valence-electron chi connectivity index (χ1n) is 7.24. The van der Waals surface area contributed by atoms with E-state index in [1.807, 2.05) is 19.9 Å². The molecule has 22 heavy (non-hydrogen) atoms. The molecular formula is C16H22ClNO4. The highest BCUT2D eigenvalue weighted by Crippen LogP contribution is 2.29. The van der Waals surface area contributed by atoms with Crippen LogP contribution in [0.2, 0.25) is 5.02 Å². The Morgan fingerprint density at radius 3 is 2.73 bits per heavy atom. The third-order valence-electron chi connectivity index (χ3n) is 3.24. The molecule has 0 aliphatic heterocycles. The summed E-state index contributed by atoms with van der Waals surface area (Å²) in [6, 6.07) is 5.38. The van der Waals surface area contributed by atoms with Crippen molar-refractivity contribution in [2.45, 2.75) is 39.2 Å². The lowest BCUT2D eigenvalue weighted by atomic mass is 10.1. The zero-order valence-corrected chi connectivity index (χ0v) is 13.9. The van der Waals surface area contributed by atoms with Gasteiger partial charge in [0.05, 0.1) is 12.1 Å². The smallest absolute Gasteiger partial charge is 0.305 e. The number of hydrogen-bond acceptors (Lipinski definition) is 4. The van der Waals surface area contributed by atoms with Gasteiger partial charge in [-0.1, -0.05) is 30.7 Å². The summed E-state index contributed by atoms with van der Waals surface area (Å²) in [6.07, 6.45) is 1.52. The van der Waals surface area contributed by atoms with Crippen LogP contribution in [0, 0.1) is 0 Å². The quantitative estimate of drug-likeness (QED) is 0.746. The maximum Gasteiger partial charge on any atom is 0.305 e. The Kier molecular flexibility index (Phi) is 7.74. The largest absolute Gasteiger partial charge is 0.482 e. The van der Waals surface area contributed by atoms with Crippen molar-refractivity contribution in [1.29, 1.82) is 0 Å². The molecule has 0 aromatic heterocycles. The summed E-state index contributed by atoms with van der Waals surface area (Å²) in [4.78, 5) is 23.0. The van der Waals surface area contributed by atoms with Crippen LogP contribution in [-0.2, 0) is 20.7 Å². The van der Waals surface area contributed by atoms with E-state index in [1.54, 1.807) is 12.1 Å². The number of para-hydroxylation sites is 1. The Bertz CT molecular complexity index is 519. The van der Waals surface area contributed by atoms with E-state index in [1.165, 1.54) is 7.11 Å². The monoisotopic (exact) mass is 327 g/mol. The summed E-state index contributed by atoms with van der Waals surface area (Å²) in [5.41, 5.74) is 0.772. The van der Waals surface area contributed by atoms with Crippen molar-refractivity contribution >= 4 is 23.5 Å². The van der Waals surface area contributed by atoms with Crippen LogP contribution < -0.4 is 10.1 Å². The lowest BCUT2D eigenvalue weighted by Gasteiger charge is -2.15. The number of methoxy groups -OCH3 is 1. The normalized spacial score (nSPS) is 11.6. The van der Waals surface area contributed by atoms with Crippen molar-refractivity contribution < 1.29 is 19.1 Å². The fraction of sp³-hybridized carbons (Fsp3) is 0.500. The van der Waals surface area contributed by atoms with Gasteiger partial charge in [-0.25, -0.2) is 0 Å². The summed E-state index contributed by atoms with van der Waals surface area (Å²) >= 11 is 6.12. The molecule has 0 saturated heterocycles. The first-order chi connectivity index (χ1) is 10.5. The molecule has 0 fully saturated rings. The number of aryl methyl sites for hydroxylation is 1. The molecule has 0 heterocycles. The molecule has 1 aromatic carbocycles. The Hall–Kier alpha value is -1.75. The predicted octanol–water partition coefficient (Wildman–Crippen LogP) is 2.74. The molecule has 1 atom stereocenters. The average molecular weight is 328 g/mol. The first-order valence-corrected chi connectivity index (χ1v) is 7.62. The Morgan fingerprint density at radius 2 is 2.09 bits per heavy atom. The molecule has 122 valence electrons. The van der Waals surface area contributed by atoms with Gasteiger partial charge in [0.25, 0.3) is 5.91 Å². The summed E-state index contributed by atoms with van der Waals surface area (Å²) in [5, 5.41) is 3.23. The van der Waals surface area contributed by atoms with Crippen molar-refractivity contribution in [1.82, 2.24) is 5.32 Å². The van der Waals surface area contributed by atoms with Crippen LogP contribution in [0.25, 0.3) is 0 Å². The van der Waals surface area contributed by atoms with E-state index in [2.05, 4.69) is 10.1 Å². The van der Waals surface area contributed by atoms with Crippen molar-refractivity contribution in [2.75, 3.05) is 13.7 Å². The highest BCUT2D eigenvalue weighted by atomic mass is 35.5. The number of carbonyl (C=O) groups is 2. The summed E-state index contributed by atoms with van der Waals surface area (Å²) in [7, 11) is 1.34. The molecule has 0 saturated carbocycles. The number of amides is 1. The molecule has 1 rings (SSSR count). The molecule has 0 aliphatic rings. The molecule has 1 amide bonds. The number of rotatable bonds is 8. The molecule has 0 radical (unpaired) electrons. The highest BCUT2D eigenvalue weighted by molar-refractivity contribution is 6.32. The maximum atomic E-state index is 11.8. The van der Waals surface area contributed by atoms with E-state index in [0.717, 1.165) is 12.0 Å². The van der Waals surface area contributed by atoms with Crippen molar-refractivity contribution in [3.05, 3.63) is 28.8 Å². The second-order valence-corrected chi connectivity index (χ2v) is 5.38. The molecule has 6 heteroatoms. The van der Waals surface area contributed by atoms with Crippen LogP contribution in [-0.4, -0.2) is 31.6 Å². The number of nitrogens with one attached hydrogen (secondary N) is 1. The van der Waals surface area contributed by atoms with Crippen molar-refractivity contribution in [3.8, 4) is 5.75 Å². The van der Waals surface area contributed by atoms with E-state index < -0.39 is 0 Å². The Balaban J connectivity index is 2.68. The van der Waals surface area contributed by atoms with Gasteiger partial charge < -0.3 is 14.8 Å². The summed E-state index contributed by atoms with van der Waals surface area (Å²) in [6.45, 7) is 3.80. The van der Waals surface area contributed by atoms with E-state index >= 15 is 0 Å². The SMILES string of the molecule is CC[C@H](C)NC(=O)COc1c(Cl)cccc1CCC(=O)OC. The fourth-order valence-electron chi connectivity index (χ4n) is 1.81. The van der Waals surface area contributed by atoms with Crippen LogP contribution in [0.15, 0.2) is 18.2 Å². The molecule has 0 bridgehead atoms. The first kappa shape index (κ1) is 18.3. The van der Waals surface area contributed by atoms with Gasteiger partial charge in [0.1, 0.15) is 5.75 Å². The summed E-state index contributed by atoms with van der Waals surface area (Å²) in [5.74, 6) is -0.0685. The topological polar surface area (TPSA) is 64.6 Å². The number of halogens is 1. The van der Waals surface area contributed by atoms with Crippen LogP contribution in [0.5, 0.6) is 5.75 Å². The standard InChI is InChI=1S/C16H22ClNO4/c1-4-11(2)18-14(19)10-22-16-12(6-5-7-13(16)17)8-9-15(20)21-3/h5-7,11H,4,8-10H2,1-3H3,(H,18,19)/t11-/m0/s1. The molecule has 0 aliphatic carbocycles. The average Bonchev–Trinajstić information content (AvgIpc) is 2.51. The highest BCUT2D eigenvalue weighted by Gasteiger charge is 2.13. The van der Waals surface area contributed by atoms with Crippen molar-refractivity contribution in [2.24, 2.45) is 0 Å². The third kappa shape index (κ3) is 5.93. The number of benzene rings is 1. The third-order valence-corrected chi connectivity index (χ3v) is 3.54. The molecular weight excluding hydrogens is 306 g/mol. The van der Waals surface area contributed by atoms with Crippen LogP contribution in [0.1, 0.15) is 32.3 Å². The number of hydrogen-bond donors (Lipinski definition) is 1. The van der Waals surface area contributed by atoms with Gasteiger partial charge in [-0.15, -0.1) is 0 Å². The zero-order chi connectivity index (χ0) is 16.5. The minimum absolute atomic E-state index is 0.0983. The summed E-state index contributed by atoms with van der Waals surface area (Å²) < 4.78 is 10.2. The molecule has 0 spiro atoms. The molecule has 1 aromatic rings. The minimum atomic E-state index is -0.305. The van der Waals surface area contributed by atoms with Gasteiger partial charge in [-0.2, -0.15) is 0 Å². The number of carbonyl (C=O) groups excluding carboxylic acids is 2. The van der Waals surface area contributed by atoms with Crippen molar-refractivity contribution in [3.63, 3.8) is 0 Å². The number of esters is 1. The lowest BCUT2D eigenvalue weighted by molar-refractivity contribution is -0.140. The van der Waals surface area contributed by atoms with Gasteiger partial charge in [0, 0.05) is 12.5 Å². The van der Waals surface area contributed by atoms with Gasteiger partial charge in [0.15, 0.2) is 6.61 Å². The van der Waals surface area contributed by atoms with E-state index in [9.17, 15) is 9.59 Å². The molecule has 0 unspecified atom stereocenters. The van der Waals surface area contributed by atoms with E-state index in [-0.39, 0.29) is 30.9 Å². The van der Waals surface area contributed by atoms with E-state index in [0.29, 0.717) is 17.2 Å². The van der Waals surface area contributed by atoms with Gasteiger partial charge in [0.2, 0.25) is 0 Å². The van der Waals surface area contributed by atoms with Gasteiger partial charge in [-0.3, -0.25) is 9.59 Å². The fourth-order valence-corrected chi connectivity index (χ4v) is 2.06. The minimum Gasteiger partial charge on any atom is -0.482 e. The van der Waals surface area contributed by atoms with Gasteiger partial charge in [-0.05, 0) is 31.4 Å². The van der Waals surface area contributed by atoms with Crippen LogP contribution in [0.3, 0.4) is 0 Å². The van der Waals surface area contributed by atoms with Crippen LogP contribution >= 0.6 is 11.6 Å².